The Kier molecular flexibility index (Phi) is 3.38. The number of aldehydes is 1. The van der Waals surface area contributed by atoms with Crippen molar-refractivity contribution in [2.75, 3.05) is 14.2 Å². The molecule has 1 aromatic carbocycles. The first-order valence-corrected chi connectivity index (χ1v) is 4.05. The van der Waals surface area contributed by atoms with Crippen molar-refractivity contribution in [2.24, 2.45) is 0 Å². The minimum atomic E-state index is -0.741. The van der Waals surface area contributed by atoms with Crippen LogP contribution in [-0.2, 0) is 4.74 Å². The van der Waals surface area contributed by atoms with Gasteiger partial charge in [-0.15, -0.1) is 0 Å². The van der Waals surface area contributed by atoms with Gasteiger partial charge in [-0.3, -0.25) is 4.79 Å². The van der Waals surface area contributed by atoms with Gasteiger partial charge in [-0.05, 0) is 6.07 Å². The van der Waals surface area contributed by atoms with Crippen molar-refractivity contribution in [3.8, 4) is 5.75 Å². The van der Waals surface area contributed by atoms with Crippen molar-refractivity contribution in [3.63, 3.8) is 0 Å². The molecule has 0 amide bonds. The van der Waals surface area contributed by atoms with Crippen LogP contribution in [0.4, 0.5) is 4.39 Å². The zero-order chi connectivity index (χ0) is 11.4. The van der Waals surface area contributed by atoms with Crippen LogP contribution in [0.2, 0.25) is 0 Å². The second-order valence-corrected chi connectivity index (χ2v) is 2.68. The number of ether oxygens (including phenoxy) is 2. The van der Waals surface area contributed by atoms with Crippen LogP contribution >= 0.6 is 0 Å². The molecular weight excluding hydrogens is 203 g/mol. The van der Waals surface area contributed by atoms with Crippen molar-refractivity contribution in [1.29, 1.82) is 0 Å². The highest BCUT2D eigenvalue weighted by Crippen LogP contribution is 2.22. The fourth-order valence-corrected chi connectivity index (χ4v) is 1.10. The summed E-state index contributed by atoms with van der Waals surface area (Å²) < 4.78 is 22.4. The highest BCUT2D eigenvalue weighted by atomic mass is 19.1. The van der Waals surface area contributed by atoms with Gasteiger partial charge in [0.2, 0.25) is 0 Å². The van der Waals surface area contributed by atoms with E-state index in [4.69, 9.17) is 4.74 Å². The molecule has 15 heavy (non-hydrogen) atoms. The SMILES string of the molecule is COC(=O)c1cc(C=O)c(F)cc1OC. The molecule has 0 unspecified atom stereocenters. The van der Waals surface area contributed by atoms with E-state index in [1.807, 2.05) is 0 Å². The predicted octanol–water partition coefficient (Wildman–Crippen LogP) is 1.43. The summed E-state index contributed by atoms with van der Waals surface area (Å²) in [5.74, 6) is -1.39. The Bertz CT molecular complexity index is 401. The molecular formula is C10H9FO4. The van der Waals surface area contributed by atoms with Crippen molar-refractivity contribution < 1.29 is 23.5 Å². The van der Waals surface area contributed by atoms with E-state index in [1.165, 1.54) is 14.2 Å². The first kappa shape index (κ1) is 11.2. The summed E-state index contributed by atoms with van der Waals surface area (Å²) >= 11 is 0. The van der Waals surface area contributed by atoms with E-state index in [-0.39, 0.29) is 16.9 Å². The summed E-state index contributed by atoms with van der Waals surface area (Å²) in [6.45, 7) is 0. The lowest BCUT2D eigenvalue weighted by Gasteiger charge is -2.07. The average molecular weight is 212 g/mol. The molecule has 0 radical (unpaired) electrons. The van der Waals surface area contributed by atoms with Gasteiger partial charge in [-0.2, -0.15) is 0 Å². The van der Waals surface area contributed by atoms with Gasteiger partial charge >= 0.3 is 5.97 Å². The van der Waals surface area contributed by atoms with Crippen molar-refractivity contribution >= 4 is 12.3 Å². The summed E-state index contributed by atoms with van der Waals surface area (Å²) in [5, 5.41) is 0. The molecule has 0 aliphatic rings. The maximum Gasteiger partial charge on any atom is 0.341 e. The van der Waals surface area contributed by atoms with Gasteiger partial charge in [0.1, 0.15) is 17.1 Å². The Morgan fingerprint density at radius 2 is 2.07 bits per heavy atom. The molecule has 0 aliphatic heterocycles. The number of methoxy groups -OCH3 is 2. The minimum absolute atomic E-state index is 0.0171. The highest BCUT2D eigenvalue weighted by Gasteiger charge is 2.16. The molecule has 1 aromatic rings. The molecule has 5 heteroatoms. The number of rotatable bonds is 3. The summed E-state index contributed by atoms with van der Waals surface area (Å²) in [6.07, 6.45) is 0.321. The molecule has 0 saturated carbocycles. The van der Waals surface area contributed by atoms with Crippen LogP contribution in [0, 0.1) is 5.82 Å². The zero-order valence-electron chi connectivity index (χ0n) is 8.24. The summed E-state index contributed by atoms with van der Waals surface area (Å²) in [6, 6.07) is 2.06. The van der Waals surface area contributed by atoms with Crippen molar-refractivity contribution in [1.82, 2.24) is 0 Å². The Morgan fingerprint density at radius 3 is 2.53 bits per heavy atom. The molecule has 80 valence electrons. The number of benzene rings is 1. The van der Waals surface area contributed by atoms with Crippen molar-refractivity contribution in [3.05, 3.63) is 29.1 Å². The zero-order valence-corrected chi connectivity index (χ0v) is 8.24. The van der Waals surface area contributed by atoms with Gasteiger partial charge in [-0.25, -0.2) is 9.18 Å². The van der Waals surface area contributed by atoms with Crippen LogP contribution in [0.25, 0.3) is 0 Å². The number of carbonyl (C=O) groups excluding carboxylic acids is 2. The summed E-state index contributed by atoms with van der Waals surface area (Å²) in [4.78, 5) is 21.7. The van der Waals surface area contributed by atoms with Gasteiger partial charge in [-0.1, -0.05) is 0 Å². The molecule has 0 aromatic heterocycles. The van der Waals surface area contributed by atoms with E-state index in [2.05, 4.69) is 4.74 Å². The van der Waals surface area contributed by atoms with Gasteiger partial charge < -0.3 is 9.47 Å². The quantitative estimate of drug-likeness (QED) is 0.561. The topological polar surface area (TPSA) is 52.6 Å². The van der Waals surface area contributed by atoms with E-state index >= 15 is 0 Å². The standard InChI is InChI=1S/C10H9FO4/c1-14-9-4-8(11)6(5-12)3-7(9)10(13)15-2/h3-5H,1-2H3. The van der Waals surface area contributed by atoms with Crippen LogP contribution in [0.5, 0.6) is 5.75 Å². The first-order valence-electron chi connectivity index (χ1n) is 4.05. The maximum atomic E-state index is 13.1. The lowest BCUT2D eigenvalue weighted by atomic mass is 10.1. The van der Waals surface area contributed by atoms with Gasteiger partial charge in [0.25, 0.3) is 0 Å². The third kappa shape index (κ3) is 2.12. The Labute approximate surface area is 85.6 Å². The summed E-state index contributed by atoms with van der Waals surface area (Å²) in [5.41, 5.74) is -0.195. The maximum absolute atomic E-state index is 13.1. The number of hydrogen-bond acceptors (Lipinski definition) is 4. The number of halogens is 1. The van der Waals surface area contributed by atoms with Gasteiger partial charge in [0, 0.05) is 6.07 Å². The third-order valence-corrected chi connectivity index (χ3v) is 1.85. The second kappa shape index (κ2) is 4.54. The Balaban J connectivity index is 3.34. The number of esters is 1. The first-order chi connectivity index (χ1) is 7.13. The molecule has 0 heterocycles. The fraction of sp³-hybridized carbons (Fsp3) is 0.200. The molecule has 0 saturated heterocycles. The van der Waals surface area contributed by atoms with Crippen LogP contribution < -0.4 is 4.74 Å². The molecule has 0 atom stereocenters. The minimum Gasteiger partial charge on any atom is -0.496 e. The molecule has 0 aliphatic carbocycles. The molecule has 0 N–H and O–H groups in total. The average Bonchev–Trinajstić information content (AvgIpc) is 2.27. The van der Waals surface area contributed by atoms with Crippen LogP contribution in [0.15, 0.2) is 12.1 Å². The van der Waals surface area contributed by atoms with Gasteiger partial charge in [0.15, 0.2) is 6.29 Å². The molecule has 4 nitrogen and oxygen atoms in total. The number of carbonyl (C=O) groups is 2. The Morgan fingerprint density at radius 1 is 1.40 bits per heavy atom. The predicted molar refractivity (Wildman–Crippen MR) is 49.7 cm³/mol. The van der Waals surface area contributed by atoms with E-state index in [0.717, 1.165) is 12.1 Å². The van der Waals surface area contributed by atoms with Crippen LogP contribution in [-0.4, -0.2) is 26.5 Å². The lowest BCUT2D eigenvalue weighted by Crippen LogP contribution is -2.06. The number of hydrogen-bond donors (Lipinski definition) is 0. The van der Waals surface area contributed by atoms with E-state index in [1.54, 1.807) is 0 Å². The third-order valence-electron chi connectivity index (χ3n) is 1.85. The van der Waals surface area contributed by atoms with E-state index in [9.17, 15) is 14.0 Å². The van der Waals surface area contributed by atoms with Crippen LogP contribution in [0.3, 0.4) is 0 Å². The van der Waals surface area contributed by atoms with E-state index < -0.39 is 11.8 Å². The fourth-order valence-electron chi connectivity index (χ4n) is 1.10. The van der Waals surface area contributed by atoms with E-state index in [0.29, 0.717) is 6.29 Å². The van der Waals surface area contributed by atoms with Gasteiger partial charge in [0.05, 0.1) is 19.8 Å². The molecule has 0 spiro atoms. The lowest BCUT2D eigenvalue weighted by molar-refractivity contribution is 0.0597. The highest BCUT2D eigenvalue weighted by molar-refractivity contribution is 5.94. The molecule has 1 rings (SSSR count). The normalized spacial score (nSPS) is 9.53. The summed E-state index contributed by atoms with van der Waals surface area (Å²) in [7, 11) is 2.48. The smallest absolute Gasteiger partial charge is 0.341 e. The largest absolute Gasteiger partial charge is 0.496 e. The molecule has 0 fully saturated rings. The Hall–Kier alpha value is -1.91. The molecule has 0 bridgehead atoms. The van der Waals surface area contributed by atoms with Crippen LogP contribution in [0.1, 0.15) is 20.7 Å². The monoisotopic (exact) mass is 212 g/mol. The van der Waals surface area contributed by atoms with Crippen molar-refractivity contribution in [2.45, 2.75) is 0 Å². The second-order valence-electron chi connectivity index (χ2n) is 2.68.